The van der Waals surface area contributed by atoms with E-state index in [9.17, 15) is 18.6 Å². The molecule has 4 aromatic rings. The first-order valence-corrected chi connectivity index (χ1v) is 11.1. The van der Waals surface area contributed by atoms with Gasteiger partial charge in [0, 0.05) is 12.7 Å². The number of aromatic hydroxyl groups is 2. The molecular weight excluding hydrogens is 428 g/mol. The molecule has 1 aromatic heterocycles. The predicted molar refractivity (Wildman–Crippen MR) is 123 cm³/mol. The highest BCUT2D eigenvalue weighted by molar-refractivity contribution is 7.89. The summed E-state index contributed by atoms with van der Waals surface area (Å²) in [4.78, 5) is 4.12. The van der Waals surface area contributed by atoms with Crippen molar-refractivity contribution in [3.05, 3.63) is 90.1 Å². The number of phenols is 2. The monoisotopic (exact) mass is 448 g/mol. The van der Waals surface area contributed by atoms with Crippen LogP contribution in [0.2, 0.25) is 0 Å². The second-order valence-corrected chi connectivity index (χ2v) is 8.73. The van der Waals surface area contributed by atoms with Gasteiger partial charge in [0.25, 0.3) is 0 Å². The number of anilines is 1. The first-order chi connectivity index (χ1) is 15.4. The second-order valence-electron chi connectivity index (χ2n) is 6.96. The predicted octanol–water partition coefficient (Wildman–Crippen LogP) is 3.57. The lowest BCUT2D eigenvalue weighted by molar-refractivity contribution is 0.403. The van der Waals surface area contributed by atoms with Crippen LogP contribution in [0.1, 0.15) is 11.1 Å². The van der Waals surface area contributed by atoms with E-state index < -0.39 is 10.0 Å². The summed E-state index contributed by atoms with van der Waals surface area (Å²) in [5, 5.41) is 24.8. The number of hydrogen-bond acceptors (Lipinski definition) is 7. The van der Waals surface area contributed by atoms with Crippen LogP contribution in [-0.4, -0.2) is 29.8 Å². The Kier molecular flexibility index (Phi) is 6.02. The summed E-state index contributed by atoms with van der Waals surface area (Å²) < 4.78 is 27.9. The first kappa shape index (κ1) is 21.3. The number of hydrogen-bond donors (Lipinski definition) is 4. The Bertz CT molecular complexity index is 1380. The van der Waals surface area contributed by atoms with Crippen LogP contribution in [-0.2, 0) is 16.6 Å². The lowest BCUT2D eigenvalue weighted by atomic mass is 10.1. The molecule has 0 aliphatic carbocycles. The third kappa shape index (κ3) is 4.85. The van der Waals surface area contributed by atoms with E-state index in [1.165, 1.54) is 36.7 Å². The lowest BCUT2D eigenvalue weighted by Gasteiger charge is -2.09. The van der Waals surface area contributed by atoms with E-state index in [0.717, 1.165) is 16.3 Å². The zero-order valence-corrected chi connectivity index (χ0v) is 17.6. The Morgan fingerprint density at radius 1 is 0.938 bits per heavy atom. The molecule has 0 unspecified atom stereocenters. The Hall–Kier alpha value is -3.95. The standard InChI is InChI=1S/C23H20N4O4S/c28-21-10-8-16(12-22(21)29)13-25-27-23-11-9-19(15-24-23)32(30,31)26-14-18-6-3-5-17-4-1-2-7-20(17)18/h1-13,15,26,28-29H,14H2,(H,24,27)/b25-13+. The zero-order valence-electron chi connectivity index (χ0n) is 16.8. The van der Waals surface area contributed by atoms with Gasteiger partial charge in [-0.05, 0) is 52.2 Å². The number of pyridine rings is 1. The highest BCUT2D eigenvalue weighted by Gasteiger charge is 2.15. The SMILES string of the molecule is O=S(=O)(NCc1cccc2ccccc12)c1ccc(N/N=C/c2ccc(O)c(O)c2)nc1. The molecule has 0 saturated heterocycles. The number of fused-ring (bicyclic) bond motifs is 1. The molecule has 4 N–H and O–H groups in total. The summed E-state index contributed by atoms with van der Waals surface area (Å²) in [6.45, 7) is 0.160. The summed E-state index contributed by atoms with van der Waals surface area (Å²) in [5.41, 5.74) is 4.12. The molecule has 0 atom stereocenters. The molecule has 162 valence electrons. The molecule has 0 radical (unpaired) electrons. The van der Waals surface area contributed by atoms with Crippen molar-refractivity contribution in [2.24, 2.45) is 5.10 Å². The van der Waals surface area contributed by atoms with Crippen LogP contribution in [0.5, 0.6) is 11.5 Å². The first-order valence-electron chi connectivity index (χ1n) is 9.66. The highest BCUT2D eigenvalue weighted by atomic mass is 32.2. The maximum Gasteiger partial charge on any atom is 0.242 e. The molecule has 0 spiro atoms. The summed E-state index contributed by atoms with van der Waals surface area (Å²) in [6, 6.07) is 20.8. The van der Waals surface area contributed by atoms with Crippen LogP contribution in [0, 0.1) is 0 Å². The van der Waals surface area contributed by atoms with Gasteiger partial charge in [0.2, 0.25) is 10.0 Å². The second kappa shape index (κ2) is 9.04. The topological polar surface area (TPSA) is 124 Å². The molecule has 9 heteroatoms. The van der Waals surface area contributed by atoms with Gasteiger partial charge in [-0.25, -0.2) is 18.1 Å². The van der Waals surface area contributed by atoms with Gasteiger partial charge in [-0.15, -0.1) is 0 Å². The fraction of sp³-hybridized carbons (Fsp3) is 0.0435. The zero-order chi connectivity index (χ0) is 22.6. The molecule has 3 aromatic carbocycles. The van der Waals surface area contributed by atoms with E-state index in [4.69, 9.17) is 0 Å². The van der Waals surface area contributed by atoms with E-state index in [1.807, 2.05) is 42.5 Å². The van der Waals surface area contributed by atoms with Crippen LogP contribution in [0.15, 0.2) is 89.0 Å². The van der Waals surface area contributed by atoms with Crippen LogP contribution in [0.3, 0.4) is 0 Å². The number of rotatable bonds is 7. The molecular formula is C23H20N4O4S. The largest absolute Gasteiger partial charge is 0.504 e. The summed E-state index contributed by atoms with van der Waals surface area (Å²) in [6.07, 6.45) is 2.67. The molecule has 0 aliphatic rings. The highest BCUT2D eigenvalue weighted by Crippen LogP contribution is 2.24. The van der Waals surface area contributed by atoms with E-state index in [2.05, 4.69) is 20.2 Å². The minimum atomic E-state index is -3.75. The van der Waals surface area contributed by atoms with Crippen LogP contribution in [0.4, 0.5) is 5.82 Å². The van der Waals surface area contributed by atoms with Gasteiger partial charge >= 0.3 is 0 Å². The minimum absolute atomic E-state index is 0.0377. The van der Waals surface area contributed by atoms with Crippen molar-refractivity contribution in [2.75, 3.05) is 5.43 Å². The van der Waals surface area contributed by atoms with Crippen molar-refractivity contribution in [3.63, 3.8) is 0 Å². The van der Waals surface area contributed by atoms with Gasteiger partial charge in [-0.2, -0.15) is 5.10 Å². The van der Waals surface area contributed by atoms with Gasteiger partial charge in [0.1, 0.15) is 10.7 Å². The Morgan fingerprint density at radius 2 is 1.75 bits per heavy atom. The number of phenolic OH excluding ortho intramolecular Hbond substituents is 2. The summed E-state index contributed by atoms with van der Waals surface area (Å²) in [5.74, 6) is -0.127. The molecule has 8 nitrogen and oxygen atoms in total. The van der Waals surface area contributed by atoms with E-state index >= 15 is 0 Å². The third-order valence-electron chi connectivity index (χ3n) is 4.77. The fourth-order valence-electron chi connectivity index (χ4n) is 3.10. The molecule has 0 amide bonds. The molecule has 32 heavy (non-hydrogen) atoms. The van der Waals surface area contributed by atoms with Crippen LogP contribution in [0.25, 0.3) is 10.8 Å². The Morgan fingerprint density at radius 3 is 2.53 bits per heavy atom. The van der Waals surface area contributed by atoms with Crippen molar-refractivity contribution >= 4 is 32.8 Å². The average molecular weight is 449 g/mol. The van der Waals surface area contributed by atoms with Crippen molar-refractivity contribution < 1.29 is 18.6 Å². The maximum atomic E-state index is 12.7. The summed E-state index contributed by atoms with van der Waals surface area (Å²) in [7, 11) is -3.75. The van der Waals surface area contributed by atoms with Gasteiger partial charge < -0.3 is 10.2 Å². The average Bonchev–Trinajstić information content (AvgIpc) is 2.80. The molecule has 0 bridgehead atoms. The van der Waals surface area contributed by atoms with Crippen molar-refractivity contribution in [1.82, 2.24) is 9.71 Å². The molecule has 0 fully saturated rings. The Balaban J connectivity index is 1.41. The molecule has 0 saturated carbocycles. The number of benzene rings is 3. The van der Waals surface area contributed by atoms with E-state index in [0.29, 0.717) is 11.4 Å². The number of nitrogens with one attached hydrogen (secondary N) is 2. The number of aromatic nitrogens is 1. The Labute approximate surface area is 184 Å². The normalized spacial score (nSPS) is 11.8. The van der Waals surface area contributed by atoms with Gasteiger partial charge in [0.15, 0.2) is 11.5 Å². The lowest BCUT2D eigenvalue weighted by Crippen LogP contribution is -2.23. The minimum Gasteiger partial charge on any atom is -0.504 e. The number of nitrogens with zero attached hydrogens (tertiary/aromatic N) is 2. The van der Waals surface area contributed by atoms with Crippen LogP contribution < -0.4 is 10.1 Å². The molecule has 4 rings (SSSR count). The molecule has 0 aliphatic heterocycles. The number of hydrazone groups is 1. The fourth-order valence-corrected chi connectivity index (χ4v) is 4.05. The van der Waals surface area contributed by atoms with Crippen LogP contribution >= 0.6 is 0 Å². The van der Waals surface area contributed by atoms with Gasteiger partial charge in [0.05, 0.1) is 6.21 Å². The van der Waals surface area contributed by atoms with E-state index in [1.54, 1.807) is 6.07 Å². The van der Waals surface area contributed by atoms with Crippen molar-refractivity contribution in [2.45, 2.75) is 11.4 Å². The van der Waals surface area contributed by atoms with Gasteiger partial charge in [-0.1, -0.05) is 42.5 Å². The van der Waals surface area contributed by atoms with Crippen molar-refractivity contribution in [3.8, 4) is 11.5 Å². The smallest absolute Gasteiger partial charge is 0.242 e. The third-order valence-corrected chi connectivity index (χ3v) is 6.16. The van der Waals surface area contributed by atoms with Gasteiger partial charge in [-0.3, -0.25) is 5.43 Å². The van der Waals surface area contributed by atoms with Crippen molar-refractivity contribution in [1.29, 1.82) is 0 Å². The maximum absolute atomic E-state index is 12.7. The van der Waals surface area contributed by atoms with E-state index in [-0.39, 0.29) is 22.9 Å². The quantitative estimate of drug-likeness (QED) is 0.195. The summed E-state index contributed by atoms with van der Waals surface area (Å²) >= 11 is 0. The molecule has 1 heterocycles. The number of sulfonamides is 1.